The van der Waals surface area contributed by atoms with Crippen molar-refractivity contribution >= 4 is 8.80 Å². The highest BCUT2D eigenvalue weighted by Crippen LogP contribution is 2.38. The Morgan fingerprint density at radius 1 is 1.00 bits per heavy atom. The molecule has 3 rings (SSSR count). The van der Waals surface area contributed by atoms with Crippen LogP contribution in [0, 0.1) is 29.0 Å². The van der Waals surface area contributed by atoms with Gasteiger partial charge in [0, 0.05) is 8.80 Å². The number of benzene rings is 1. The van der Waals surface area contributed by atoms with Crippen LogP contribution >= 0.6 is 0 Å². The van der Waals surface area contributed by atoms with Gasteiger partial charge < -0.3 is 0 Å². The number of unbranched alkanes of at least 4 members (excludes halogenated alkanes) is 1. The third kappa shape index (κ3) is 5.91. The molecule has 0 radical (unpaired) electrons. The SMILES string of the molecule is CC[SiH]1CCC(CCCC[C@H]2CC[C@H](c3ccc(C#N)c(F)c3)CC2)CC1. The molecule has 27 heavy (non-hydrogen) atoms. The van der Waals surface area contributed by atoms with Crippen molar-refractivity contribution in [1.82, 2.24) is 0 Å². The Morgan fingerprint density at radius 2 is 1.63 bits per heavy atom. The number of nitriles is 1. The second-order valence-corrected chi connectivity index (χ2v) is 12.9. The molecule has 0 atom stereocenters. The fourth-order valence-corrected chi connectivity index (χ4v) is 8.45. The average Bonchev–Trinajstić information content (AvgIpc) is 2.72. The fraction of sp³-hybridized carbons (Fsp3) is 0.708. The van der Waals surface area contributed by atoms with Gasteiger partial charge in [0.1, 0.15) is 11.9 Å². The first kappa shape index (κ1) is 20.6. The van der Waals surface area contributed by atoms with Crippen LogP contribution in [0.3, 0.4) is 0 Å². The third-order valence-corrected chi connectivity index (χ3v) is 10.9. The van der Waals surface area contributed by atoms with Crippen molar-refractivity contribution in [3.8, 4) is 6.07 Å². The predicted octanol–water partition coefficient (Wildman–Crippen LogP) is 7.19. The quantitative estimate of drug-likeness (QED) is 0.360. The number of rotatable bonds is 7. The lowest BCUT2D eigenvalue weighted by Crippen LogP contribution is -2.20. The summed E-state index contributed by atoms with van der Waals surface area (Å²) >= 11 is 0. The molecular formula is C24H36FNSi. The molecule has 1 aromatic carbocycles. The van der Waals surface area contributed by atoms with Crippen LogP contribution in [0.5, 0.6) is 0 Å². The maximum atomic E-state index is 13.9. The van der Waals surface area contributed by atoms with E-state index in [-0.39, 0.29) is 20.2 Å². The first-order chi connectivity index (χ1) is 13.2. The zero-order chi connectivity index (χ0) is 19.1. The molecule has 0 N–H and O–H groups in total. The van der Waals surface area contributed by atoms with Crippen LogP contribution in [-0.4, -0.2) is 8.80 Å². The van der Waals surface area contributed by atoms with Gasteiger partial charge >= 0.3 is 0 Å². The molecule has 0 unspecified atom stereocenters. The summed E-state index contributed by atoms with van der Waals surface area (Å²) in [7, 11) is -0.288. The van der Waals surface area contributed by atoms with E-state index >= 15 is 0 Å². The van der Waals surface area contributed by atoms with E-state index in [4.69, 9.17) is 5.26 Å². The molecule has 2 aliphatic rings. The molecule has 1 saturated heterocycles. The number of hydrogen-bond acceptors (Lipinski definition) is 1. The highest BCUT2D eigenvalue weighted by molar-refractivity contribution is 6.58. The van der Waals surface area contributed by atoms with Crippen LogP contribution in [0.1, 0.15) is 88.2 Å². The summed E-state index contributed by atoms with van der Waals surface area (Å²) in [5.41, 5.74) is 1.26. The first-order valence-corrected chi connectivity index (χ1v) is 13.8. The molecule has 0 aromatic heterocycles. The van der Waals surface area contributed by atoms with Crippen LogP contribution < -0.4 is 0 Å². The molecule has 1 heterocycles. The van der Waals surface area contributed by atoms with Gasteiger partial charge in [-0.2, -0.15) is 5.26 Å². The number of hydrogen-bond donors (Lipinski definition) is 0. The van der Waals surface area contributed by atoms with Crippen LogP contribution in [0.4, 0.5) is 4.39 Å². The van der Waals surface area contributed by atoms with E-state index in [0.29, 0.717) is 5.92 Å². The van der Waals surface area contributed by atoms with Gasteiger partial charge in [-0.05, 0) is 61.1 Å². The van der Waals surface area contributed by atoms with E-state index in [2.05, 4.69) is 6.92 Å². The summed E-state index contributed by atoms with van der Waals surface area (Å²) in [6, 6.07) is 11.9. The Hall–Kier alpha value is -1.14. The normalized spacial score (nSPS) is 28.6. The van der Waals surface area contributed by atoms with Crippen molar-refractivity contribution in [3.05, 3.63) is 35.1 Å². The van der Waals surface area contributed by atoms with Gasteiger partial charge in [-0.1, -0.05) is 69.6 Å². The second kappa shape index (κ2) is 10.4. The number of halogens is 1. The lowest BCUT2D eigenvalue weighted by molar-refractivity contribution is 0.297. The van der Waals surface area contributed by atoms with Crippen LogP contribution in [-0.2, 0) is 0 Å². The molecular weight excluding hydrogens is 349 g/mol. The minimum absolute atomic E-state index is 0.165. The Bertz CT molecular complexity index is 622. The topological polar surface area (TPSA) is 23.8 Å². The van der Waals surface area contributed by atoms with Crippen molar-refractivity contribution < 1.29 is 4.39 Å². The van der Waals surface area contributed by atoms with Gasteiger partial charge in [0.2, 0.25) is 0 Å². The van der Waals surface area contributed by atoms with Crippen LogP contribution in [0.25, 0.3) is 0 Å². The summed E-state index contributed by atoms with van der Waals surface area (Å²) in [5, 5.41) is 8.87. The van der Waals surface area contributed by atoms with Crippen molar-refractivity contribution in [1.29, 1.82) is 5.26 Å². The van der Waals surface area contributed by atoms with Crippen LogP contribution in [0.2, 0.25) is 18.1 Å². The highest BCUT2D eigenvalue weighted by Gasteiger charge is 2.24. The maximum absolute atomic E-state index is 13.9. The summed E-state index contributed by atoms with van der Waals surface area (Å²) in [6.45, 7) is 2.41. The lowest BCUT2D eigenvalue weighted by Gasteiger charge is -2.29. The lowest BCUT2D eigenvalue weighted by atomic mass is 9.77. The monoisotopic (exact) mass is 385 g/mol. The van der Waals surface area contributed by atoms with E-state index in [9.17, 15) is 4.39 Å². The minimum atomic E-state index is -0.354. The highest BCUT2D eigenvalue weighted by atomic mass is 28.3. The van der Waals surface area contributed by atoms with Crippen molar-refractivity contribution in [2.24, 2.45) is 11.8 Å². The summed E-state index contributed by atoms with van der Waals surface area (Å²) < 4.78 is 13.9. The van der Waals surface area contributed by atoms with E-state index < -0.39 is 0 Å². The molecule has 0 spiro atoms. The largest absolute Gasteiger partial charge is 0.206 e. The summed E-state index contributed by atoms with van der Waals surface area (Å²) in [6.07, 6.45) is 13.7. The van der Waals surface area contributed by atoms with E-state index in [1.165, 1.54) is 70.3 Å². The Kier molecular flexibility index (Phi) is 7.94. The van der Waals surface area contributed by atoms with Crippen LogP contribution in [0.15, 0.2) is 18.2 Å². The average molecular weight is 386 g/mol. The Morgan fingerprint density at radius 3 is 2.19 bits per heavy atom. The van der Waals surface area contributed by atoms with Crippen molar-refractivity contribution in [2.45, 2.75) is 95.2 Å². The van der Waals surface area contributed by atoms with Gasteiger partial charge in [0.05, 0.1) is 5.56 Å². The fourth-order valence-electron chi connectivity index (χ4n) is 5.45. The van der Waals surface area contributed by atoms with Crippen molar-refractivity contribution in [3.63, 3.8) is 0 Å². The van der Waals surface area contributed by atoms with Gasteiger partial charge in [-0.15, -0.1) is 0 Å². The molecule has 0 bridgehead atoms. The Balaban J connectivity index is 1.32. The van der Waals surface area contributed by atoms with Gasteiger partial charge in [-0.3, -0.25) is 0 Å². The molecule has 2 fully saturated rings. The van der Waals surface area contributed by atoms with Crippen molar-refractivity contribution in [2.75, 3.05) is 0 Å². The standard InChI is InChI=1S/C24H36FNSi/c1-2-27-15-13-20(14-16-27)6-4-3-5-19-7-9-21(10-8-19)22-11-12-23(18-26)24(25)17-22/h11-12,17,19-21,27H,2-10,13-16H2,1H3/t19-,20?,21-,27?. The smallest absolute Gasteiger partial charge is 0.141 e. The second-order valence-electron chi connectivity index (χ2n) is 9.15. The zero-order valence-corrected chi connectivity index (χ0v) is 18.2. The first-order valence-electron chi connectivity index (χ1n) is 11.4. The summed E-state index contributed by atoms with van der Waals surface area (Å²) in [5.74, 6) is 2.06. The number of nitrogens with zero attached hydrogens (tertiary/aromatic N) is 1. The molecule has 1 aliphatic carbocycles. The summed E-state index contributed by atoms with van der Waals surface area (Å²) in [4.78, 5) is 0. The van der Waals surface area contributed by atoms with E-state index in [0.717, 1.165) is 17.4 Å². The molecule has 1 nitrogen and oxygen atoms in total. The van der Waals surface area contributed by atoms with E-state index in [1.54, 1.807) is 24.2 Å². The zero-order valence-electron chi connectivity index (χ0n) is 17.1. The minimum Gasteiger partial charge on any atom is -0.206 e. The molecule has 148 valence electrons. The molecule has 3 heteroatoms. The Labute approximate surface area is 167 Å². The van der Waals surface area contributed by atoms with Gasteiger partial charge in [0.25, 0.3) is 0 Å². The molecule has 1 aromatic rings. The van der Waals surface area contributed by atoms with E-state index in [1.807, 2.05) is 12.1 Å². The molecule has 1 aliphatic heterocycles. The van der Waals surface area contributed by atoms with Gasteiger partial charge in [0.15, 0.2) is 0 Å². The molecule has 0 amide bonds. The maximum Gasteiger partial charge on any atom is 0.141 e. The predicted molar refractivity (Wildman–Crippen MR) is 114 cm³/mol. The molecule has 1 saturated carbocycles. The van der Waals surface area contributed by atoms with Gasteiger partial charge in [-0.25, -0.2) is 4.39 Å². The third-order valence-electron chi connectivity index (χ3n) is 7.45.